The molecule has 0 saturated carbocycles. The highest BCUT2D eigenvalue weighted by Crippen LogP contribution is 2.35. The third-order valence-electron chi connectivity index (χ3n) is 6.44. The Labute approximate surface area is 181 Å². The number of ether oxygens (including phenoxy) is 1. The van der Waals surface area contributed by atoms with Crippen LogP contribution in [0.15, 0.2) is 47.3 Å². The molecule has 2 fully saturated rings. The zero-order valence-corrected chi connectivity index (χ0v) is 17.6. The molecule has 3 unspecified atom stereocenters. The topological polar surface area (TPSA) is 103 Å². The smallest absolute Gasteiger partial charge is 0.231 e. The van der Waals surface area contributed by atoms with E-state index in [0.717, 1.165) is 37.1 Å². The van der Waals surface area contributed by atoms with Crippen LogP contribution in [0.1, 0.15) is 37.2 Å². The van der Waals surface area contributed by atoms with Gasteiger partial charge in [0.05, 0.1) is 24.7 Å². The molecule has 1 aromatic carbocycles. The van der Waals surface area contributed by atoms with Crippen LogP contribution in [-0.4, -0.2) is 49.4 Å². The number of nitrogens with one attached hydrogen (secondary N) is 2. The molecule has 0 bridgehead atoms. The lowest BCUT2D eigenvalue weighted by molar-refractivity contribution is -0.128. The molecule has 4 N–H and O–H groups in total. The molecular weight excluding hydrogens is 397 g/mol. The number of methoxy groups -OCH3 is 1. The van der Waals surface area contributed by atoms with Crippen LogP contribution in [0.25, 0.3) is 0 Å². The molecule has 2 heterocycles. The number of carbonyl (C=O) groups excluding carboxylic acids is 1. The summed E-state index contributed by atoms with van der Waals surface area (Å²) in [6.45, 7) is 1.57. The molecule has 1 aromatic rings. The van der Waals surface area contributed by atoms with E-state index in [9.17, 15) is 9.18 Å². The Bertz CT molecular complexity index is 928. The van der Waals surface area contributed by atoms with Gasteiger partial charge in [-0.1, -0.05) is 12.1 Å². The minimum absolute atomic E-state index is 0.106. The molecule has 2 saturated heterocycles. The largest absolute Gasteiger partial charge is 0.497 e. The zero-order valence-electron chi connectivity index (χ0n) is 17.6. The Kier molecular flexibility index (Phi) is 6.37. The van der Waals surface area contributed by atoms with E-state index in [0.29, 0.717) is 18.6 Å². The highest BCUT2D eigenvalue weighted by Gasteiger charge is 2.41. The third kappa shape index (κ3) is 4.49. The number of allylic oxidation sites excluding steroid dienone is 3. The van der Waals surface area contributed by atoms with E-state index < -0.39 is 11.7 Å². The summed E-state index contributed by atoms with van der Waals surface area (Å²) >= 11 is 0. The molecule has 1 aliphatic carbocycles. The molecule has 7 nitrogen and oxygen atoms in total. The van der Waals surface area contributed by atoms with Gasteiger partial charge >= 0.3 is 0 Å². The van der Waals surface area contributed by atoms with E-state index in [4.69, 9.17) is 15.7 Å². The van der Waals surface area contributed by atoms with Crippen molar-refractivity contribution in [3.05, 3.63) is 52.9 Å². The zero-order chi connectivity index (χ0) is 22.0. The normalized spacial score (nSPS) is 28.0. The Morgan fingerprint density at radius 2 is 1.94 bits per heavy atom. The Balaban J connectivity index is 1.66. The van der Waals surface area contributed by atoms with Gasteiger partial charge in [-0.15, -0.1) is 0 Å². The summed E-state index contributed by atoms with van der Waals surface area (Å²) < 4.78 is 19.7. The van der Waals surface area contributed by atoms with Gasteiger partial charge in [-0.05, 0) is 55.0 Å². The van der Waals surface area contributed by atoms with Crippen molar-refractivity contribution >= 4 is 5.91 Å². The van der Waals surface area contributed by atoms with Crippen LogP contribution in [0, 0.1) is 11.3 Å². The van der Waals surface area contributed by atoms with Crippen LogP contribution in [0.2, 0.25) is 0 Å². The molecule has 3 atom stereocenters. The predicted octanol–water partition coefficient (Wildman–Crippen LogP) is 2.04. The summed E-state index contributed by atoms with van der Waals surface area (Å²) in [5, 5.41) is 15.8. The highest BCUT2D eigenvalue weighted by molar-refractivity contribution is 5.86. The van der Waals surface area contributed by atoms with E-state index in [-0.39, 0.29) is 29.9 Å². The lowest BCUT2D eigenvalue weighted by Gasteiger charge is -2.45. The fourth-order valence-electron chi connectivity index (χ4n) is 4.60. The van der Waals surface area contributed by atoms with Gasteiger partial charge in [-0.2, -0.15) is 5.26 Å². The molecule has 164 valence electrons. The van der Waals surface area contributed by atoms with Crippen molar-refractivity contribution in [3.8, 4) is 11.8 Å². The number of benzene rings is 1. The van der Waals surface area contributed by atoms with Crippen LogP contribution in [0.5, 0.6) is 5.75 Å². The summed E-state index contributed by atoms with van der Waals surface area (Å²) in [4.78, 5) is 15.5. The number of hydrogen-bond acceptors (Lipinski definition) is 6. The average molecular weight is 426 g/mol. The number of likely N-dealkylation sites (tertiary alicyclic amines) is 1. The first-order chi connectivity index (χ1) is 15.0. The predicted molar refractivity (Wildman–Crippen MR) is 114 cm³/mol. The molecule has 0 aromatic heterocycles. The van der Waals surface area contributed by atoms with E-state index in [2.05, 4.69) is 15.5 Å². The lowest BCUT2D eigenvalue weighted by Crippen LogP contribution is -2.68. The molecule has 3 aliphatic rings. The lowest BCUT2D eigenvalue weighted by atomic mass is 9.81. The van der Waals surface area contributed by atoms with Crippen molar-refractivity contribution in [1.82, 2.24) is 15.5 Å². The highest BCUT2D eigenvalue weighted by atomic mass is 19.1. The summed E-state index contributed by atoms with van der Waals surface area (Å²) in [6.07, 6.45) is 3.69. The molecule has 0 spiro atoms. The van der Waals surface area contributed by atoms with Crippen LogP contribution in [0.4, 0.5) is 4.39 Å². The summed E-state index contributed by atoms with van der Waals surface area (Å²) in [5.74, 6) is -0.427. The number of carbonyl (C=O) groups is 1. The molecule has 2 aliphatic heterocycles. The monoisotopic (exact) mass is 425 g/mol. The van der Waals surface area contributed by atoms with Crippen LogP contribution in [0.3, 0.4) is 0 Å². The number of nitriles is 1. The quantitative estimate of drug-likeness (QED) is 0.682. The SMILES string of the molecule is COc1ccc(C2C(=O)NC(N3CCC(N)CC3)NC2C2=CC(F)=C(C#N)CC2)cc1. The number of nitrogens with zero attached hydrogens (tertiary/aromatic N) is 2. The Morgan fingerprint density at radius 3 is 2.55 bits per heavy atom. The number of hydrogen-bond donors (Lipinski definition) is 3. The molecule has 0 radical (unpaired) electrons. The molecular formula is C23H28FN5O2. The van der Waals surface area contributed by atoms with Gasteiger partial charge in [0.2, 0.25) is 5.91 Å². The van der Waals surface area contributed by atoms with Gasteiger partial charge in [0.1, 0.15) is 17.9 Å². The minimum atomic E-state index is -0.517. The second-order valence-corrected chi connectivity index (χ2v) is 8.34. The average Bonchev–Trinajstić information content (AvgIpc) is 2.79. The van der Waals surface area contributed by atoms with Gasteiger partial charge in [0, 0.05) is 25.2 Å². The van der Waals surface area contributed by atoms with Crippen LogP contribution >= 0.6 is 0 Å². The van der Waals surface area contributed by atoms with Crippen molar-refractivity contribution in [1.29, 1.82) is 5.26 Å². The third-order valence-corrected chi connectivity index (χ3v) is 6.44. The van der Waals surface area contributed by atoms with Gasteiger partial charge < -0.3 is 15.8 Å². The summed E-state index contributed by atoms with van der Waals surface area (Å²) in [6, 6.07) is 9.12. The fraction of sp³-hybridized carbons (Fsp3) is 0.478. The van der Waals surface area contributed by atoms with E-state index in [1.807, 2.05) is 30.3 Å². The first kappa shape index (κ1) is 21.5. The molecule has 31 heavy (non-hydrogen) atoms. The van der Waals surface area contributed by atoms with Crippen LogP contribution < -0.4 is 21.1 Å². The van der Waals surface area contributed by atoms with E-state index in [1.54, 1.807) is 7.11 Å². The Hall–Kier alpha value is -2.73. The molecule has 8 heteroatoms. The van der Waals surface area contributed by atoms with Gasteiger partial charge in [-0.3, -0.25) is 15.0 Å². The summed E-state index contributed by atoms with van der Waals surface area (Å²) in [5.41, 5.74) is 7.82. The van der Waals surface area contributed by atoms with Crippen molar-refractivity contribution in [2.24, 2.45) is 5.73 Å². The fourth-order valence-corrected chi connectivity index (χ4v) is 4.60. The number of rotatable bonds is 4. The standard InChI is InChI=1S/C23H28FN5O2/c1-31-18-6-4-14(5-7-18)20-21(15-2-3-16(13-25)19(24)12-15)27-23(28-22(20)30)29-10-8-17(26)9-11-29/h4-7,12,17,20-21,23,27H,2-3,8-11,26H2,1H3,(H,28,30). The maximum atomic E-state index is 14.5. The number of piperidine rings is 1. The number of nitrogens with two attached hydrogens (primary N) is 1. The molecule has 1 amide bonds. The minimum Gasteiger partial charge on any atom is -0.497 e. The first-order valence-electron chi connectivity index (χ1n) is 10.7. The van der Waals surface area contributed by atoms with Crippen molar-refractivity contribution in [2.45, 2.75) is 50.0 Å². The van der Waals surface area contributed by atoms with Gasteiger partial charge in [0.25, 0.3) is 0 Å². The van der Waals surface area contributed by atoms with Crippen molar-refractivity contribution in [3.63, 3.8) is 0 Å². The maximum Gasteiger partial charge on any atom is 0.231 e. The van der Waals surface area contributed by atoms with Crippen molar-refractivity contribution < 1.29 is 13.9 Å². The number of halogens is 1. The van der Waals surface area contributed by atoms with Gasteiger partial charge in [0.15, 0.2) is 0 Å². The first-order valence-corrected chi connectivity index (χ1v) is 10.7. The van der Waals surface area contributed by atoms with E-state index >= 15 is 0 Å². The summed E-state index contributed by atoms with van der Waals surface area (Å²) in [7, 11) is 1.59. The van der Waals surface area contributed by atoms with Crippen LogP contribution in [-0.2, 0) is 4.79 Å². The Morgan fingerprint density at radius 1 is 1.23 bits per heavy atom. The maximum absolute atomic E-state index is 14.5. The molecule has 4 rings (SSSR count). The van der Waals surface area contributed by atoms with E-state index in [1.165, 1.54) is 6.08 Å². The van der Waals surface area contributed by atoms with Crippen molar-refractivity contribution in [2.75, 3.05) is 20.2 Å². The second-order valence-electron chi connectivity index (χ2n) is 8.34. The second kappa shape index (κ2) is 9.18. The number of amides is 1. The van der Waals surface area contributed by atoms with Gasteiger partial charge in [-0.25, -0.2) is 4.39 Å².